The molecule has 0 radical (unpaired) electrons. The van der Waals surface area contributed by atoms with Crippen molar-refractivity contribution in [3.63, 3.8) is 0 Å². The van der Waals surface area contributed by atoms with Gasteiger partial charge in [0.15, 0.2) is 5.75 Å². The van der Waals surface area contributed by atoms with Crippen molar-refractivity contribution in [3.05, 3.63) is 33.9 Å². The van der Waals surface area contributed by atoms with Crippen LogP contribution in [0.4, 0.5) is 5.69 Å². The minimum absolute atomic E-state index is 0.0256. The molecule has 0 aliphatic carbocycles. The number of nitro benzene ring substituents is 1. The number of hydrogen-bond donors (Lipinski definition) is 0. The smallest absolute Gasteiger partial charge is 0.310 e. The van der Waals surface area contributed by atoms with Gasteiger partial charge in [-0.1, -0.05) is 35.8 Å². The van der Waals surface area contributed by atoms with Crippen LogP contribution in [0.5, 0.6) is 5.75 Å². The zero-order valence-electron chi connectivity index (χ0n) is 10.9. The Bertz CT molecular complexity index is 421. The third-order valence-electron chi connectivity index (χ3n) is 2.90. The topological polar surface area (TPSA) is 52.4 Å². The molecule has 0 aliphatic rings. The van der Waals surface area contributed by atoms with E-state index in [1.165, 1.54) is 6.07 Å². The van der Waals surface area contributed by atoms with E-state index in [4.69, 9.17) is 4.74 Å². The van der Waals surface area contributed by atoms with Gasteiger partial charge >= 0.3 is 5.69 Å². The maximum atomic E-state index is 10.9. The second-order valence-corrected chi connectivity index (χ2v) is 5.55. The quantitative estimate of drug-likeness (QED) is 0.447. The van der Waals surface area contributed by atoms with E-state index in [9.17, 15) is 10.1 Å². The Kier molecular flexibility index (Phi) is 5.59. The maximum Gasteiger partial charge on any atom is 0.310 e. The predicted molar refractivity (Wildman–Crippen MR) is 75.7 cm³/mol. The zero-order chi connectivity index (χ0) is 13.7. The van der Waals surface area contributed by atoms with Gasteiger partial charge in [-0.15, -0.1) is 0 Å². The summed E-state index contributed by atoms with van der Waals surface area (Å²) in [5, 5.41) is 10.9. The Morgan fingerprint density at radius 2 is 2.11 bits per heavy atom. The van der Waals surface area contributed by atoms with Crippen molar-refractivity contribution < 1.29 is 9.66 Å². The highest BCUT2D eigenvalue weighted by Gasteiger charge is 2.20. The molecule has 0 heterocycles. The van der Waals surface area contributed by atoms with Crippen LogP contribution in [0.2, 0.25) is 0 Å². The summed E-state index contributed by atoms with van der Waals surface area (Å²) in [4.78, 5) is 10.8. The Morgan fingerprint density at radius 1 is 1.44 bits per heavy atom. The SMILES string of the molecule is CCOc1cc(C(CC)C(C)Br)ccc1[N+](=O)[O-]. The maximum absolute atomic E-state index is 10.9. The van der Waals surface area contributed by atoms with Crippen molar-refractivity contribution in [1.82, 2.24) is 0 Å². The Labute approximate surface area is 116 Å². The molecule has 2 atom stereocenters. The van der Waals surface area contributed by atoms with E-state index in [0.29, 0.717) is 23.1 Å². The fourth-order valence-corrected chi connectivity index (χ4v) is 2.69. The van der Waals surface area contributed by atoms with E-state index in [1.807, 2.05) is 13.0 Å². The summed E-state index contributed by atoms with van der Waals surface area (Å²) in [7, 11) is 0. The van der Waals surface area contributed by atoms with Gasteiger partial charge in [-0.2, -0.15) is 0 Å². The van der Waals surface area contributed by atoms with E-state index < -0.39 is 4.92 Å². The van der Waals surface area contributed by atoms with Gasteiger partial charge in [-0.25, -0.2) is 0 Å². The van der Waals surface area contributed by atoms with Crippen LogP contribution in [0.25, 0.3) is 0 Å². The van der Waals surface area contributed by atoms with Gasteiger partial charge in [0.05, 0.1) is 11.5 Å². The highest BCUT2D eigenvalue weighted by Crippen LogP contribution is 2.34. The van der Waals surface area contributed by atoms with Crippen molar-refractivity contribution >= 4 is 21.6 Å². The summed E-state index contributed by atoms with van der Waals surface area (Å²) in [5.41, 5.74) is 1.09. The lowest BCUT2D eigenvalue weighted by Gasteiger charge is -2.18. The lowest BCUT2D eigenvalue weighted by molar-refractivity contribution is -0.385. The first-order valence-electron chi connectivity index (χ1n) is 6.06. The van der Waals surface area contributed by atoms with E-state index in [-0.39, 0.29) is 5.69 Å². The molecule has 0 saturated carbocycles. The van der Waals surface area contributed by atoms with Crippen LogP contribution in [-0.2, 0) is 0 Å². The van der Waals surface area contributed by atoms with Crippen LogP contribution < -0.4 is 4.74 Å². The molecule has 18 heavy (non-hydrogen) atoms. The summed E-state index contributed by atoms with van der Waals surface area (Å²) >= 11 is 3.57. The minimum atomic E-state index is -0.409. The Hall–Kier alpha value is -1.10. The van der Waals surface area contributed by atoms with Gasteiger partial charge in [0.25, 0.3) is 0 Å². The lowest BCUT2D eigenvalue weighted by Crippen LogP contribution is -2.08. The summed E-state index contributed by atoms with van der Waals surface area (Å²) < 4.78 is 5.36. The third-order valence-corrected chi connectivity index (χ3v) is 3.54. The summed E-state index contributed by atoms with van der Waals surface area (Å²) in [6.07, 6.45) is 0.968. The standard InChI is InChI=1S/C13H18BrNO3/c1-4-11(9(3)14)10-6-7-12(15(16)17)13(8-10)18-5-2/h6-9,11H,4-5H2,1-3H3. The molecule has 0 spiro atoms. The fraction of sp³-hybridized carbons (Fsp3) is 0.538. The molecule has 1 rings (SSSR count). The van der Waals surface area contributed by atoms with E-state index in [0.717, 1.165) is 12.0 Å². The van der Waals surface area contributed by atoms with Crippen molar-refractivity contribution in [2.24, 2.45) is 0 Å². The van der Waals surface area contributed by atoms with Gasteiger partial charge in [-0.05, 0) is 30.9 Å². The van der Waals surface area contributed by atoms with Crippen LogP contribution in [0.3, 0.4) is 0 Å². The number of halogens is 1. The average Bonchev–Trinajstić information content (AvgIpc) is 2.29. The predicted octanol–water partition coefficient (Wildman–Crippen LogP) is 4.27. The molecule has 0 amide bonds. The van der Waals surface area contributed by atoms with Crippen LogP contribution >= 0.6 is 15.9 Å². The lowest BCUT2D eigenvalue weighted by atomic mass is 9.93. The number of nitrogens with zero attached hydrogens (tertiary/aromatic N) is 1. The van der Waals surface area contributed by atoms with Gasteiger partial charge in [-0.3, -0.25) is 10.1 Å². The molecule has 2 unspecified atom stereocenters. The molecule has 100 valence electrons. The fourth-order valence-electron chi connectivity index (χ4n) is 2.01. The molecule has 4 nitrogen and oxygen atoms in total. The third kappa shape index (κ3) is 3.45. The van der Waals surface area contributed by atoms with Crippen molar-refractivity contribution in [1.29, 1.82) is 0 Å². The number of rotatable bonds is 6. The van der Waals surface area contributed by atoms with Crippen LogP contribution in [0.1, 0.15) is 38.7 Å². The van der Waals surface area contributed by atoms with Crippen LogP contribution in [-0.4, -0.2) is 16.4 Å². The van der Waals surface area contributed by atoms with Crippen molar-refractivity contribution in [2.75, 3.05) is 6.61 Å². The second kappa shape index (κ2) is 6.73. The van der Waals surface area contributed by atoms with Gasteiger partial charge in [0.2, 0.25) is 0 Å². The summed E-state index contributed by atoms with van der Waals surface area (Å²) in [6.45, 7) is 6.42. The monoisotopic (exact) mass is 315 g/mol. The molecule has 5 heteroatoms. The number of hydrogen-bond acceptors (Lipinski definition) is 3. The van der Waals surface area contributed by atoms with Crippen molar-refractivity contribution in [2.45, 2.75) is 37.9 Å². The van der Waals surface area contributed by atoms with E-state index in [2.05, 4.69) is 29.8 Å². The normalized spacial score (nSPS) is 14.0. The highest BCUT2D eigenvalue weighted by atomic mass is 79.9. The van der Waals surface area contributed by atoms with Crippen molar-refractivity contribution in [3.8, 4) is 5.75 Å². The van der Waals surface area contributed by atoms with E-state index >= 15 is 0 Å². The summed E-state index contributed by atoms with van der Waals surface area (Å²) in [5.74, 6) is 0.677. The first-order valence-corrected chi connectivity index (χ1v) is 6.98. The van der Waals surface area contributed by atoms with Gasteiger partial charge in [0, 0.05) is 10.9 Å². The molecule has 0 N–H and O–H groups in total. The molecule has 0 fully saturated rings. The summed E-state index contributed by atoms with van der Waals surface area (Å²) in [6, 6.07) is 5.12. The molecule has 0 aromatic heterocycles. The first kappa shape index (κ1) is 15.0. The molecule has 0 bridgehead atoms. The number of benzene rings is 1. The van der Waals surface area contributed by atoms with E-state index in [1.54, 1.807) is 6.07 Å². The molecule has 1 aromatic rings. The number of alkyl halides is 1. The van der Waals surface area contributed by atoms with Gasteiger partial charge < -0.3 is 4.74 Å². The zero-order valence-corrected chi connectivity index (χ0v) is 12.4. The Balaban J connectivity index is 3.17. The first-order chi connectivity index (χ1) is 8.51. The largest absolute Gasteiger partial charge is 0.487 e. The van der Waals surface area contributed by atoms with Gasteiger partial charge in [0.1, 0.15) is 0 Å². The molecular weight excluding hydrogens is 298 g/mol. The highest BCUT2D eigenvalue weighted by molar-refractivity contribution is 9.09. The average molecular weight is 316 g/mol. The second-order valence-electron chi connectivity index (χ2n) is 4.11. The Morgan fingerprint density at radius 3 is 2.56 bits per heavy atom. The molecule has 0 saturated heterocycles. The van der Waals surface area contributed by atoms with Crippen LogP contribution in [0, 0.1) is 10.1 Å². The molecular formula is C13H18BrNO3. The van der Waals surface area contributed by atoms with Crippen LogP contribution in [0.15, 0.2) is 18.2 Å². The minimum Gasteiger partial charge on any atom is -0.487 e. The number of ether oxygens (including phenoxy) is 1. The molecule has 1 aromatic carbocycles. The number of nitro groups is 1. The molecule has 0 aliphatic heterocycles.